The van der Waals surface area contributed by atoms with Crippen molar-refractivity contribution in [3.8, 4) is 0 Å². The van der Waals surface area contributed by atoms with Gasteiger partial charge in [0.25, 0.3) is 0 Å². The first kappa shape index (κ1) is 15.4. The molecule has 0 radical (unpaired) electrons. The minimum Gasteiger partial charge on any atom is -0.465 e. The maximum atomic E-state index is 12.5. The number of ether oxygens (including phenoxy) is 2. The summed E-state index contributed by atoms with van der Waals surface area (Å²) in [5.74, 6) is -0.217. The van der Waals surface area contributed by atoms with E-state index in [0.717, 1.165) is 27.6 Å². The van der Waals surface area contributed by atoms with E-state index in [2.05, 4.69) is 12.0 Å². The summed E-state index contributed by atoms with van der Waals surface area (Å²) in [5.41, 5.74) is 2.32. The molecular formula is C19H18O4S. The lowest BCUT2D eigenvalue weighted by Gasteiger charge is -2.23. The minimum absolute atomic E-state index is 0.102. The number of thiophene rings is 1. The van der Waals surface area contributed by atoms with Crippen molar-refractivity contribution in [3.05, 3.63) is 46.9 Å². The average molecular weight is 342 g/mol. The number of benzene rings is 1. The Labute approximate surface area is 144 Å². The van der Waals surface area contributed by atoms with Crippen LogP contribution in [-0.4, -0.2) is 25.7 Å². The molecule has 1 aromatic carbocycles. The normalized spacial score (nSPS) is 25.8. The number of allylic oxidation sites excluding steroid dienone is 1. The molecule has 1 aliphatic carbocycles. The van der Waals surface area contributed by atoms with Crippen molar-refractivity contribution in [3.63, 3.8) is 0 Å². The highest BCUT2D eigenvalue weighted by molar-refractivity contribution is 7.17. The topological polar surface area (TPSA) is 52.6 Å². The van der Waals surface area contributed by atoms with Gasteiger partial charge in [-0.15, -0.1) is 11.3 Å². The zero-order valence-electron chi connectivity index (χ0n) is 13.5. The summed E-state index contributed by atoms with van der Waals surface area (Å²) >= 11 is 1.53. The molecule has 0 bridgehead atoms. The number of hydrogen-bond acceptors (Lipinski definition) is 5. The summed E-state index contributed by atoms with van der Waals surface area (Å²) < 4.78 is 11.1. The highest BCUT2D eigenvalue weighted by atomic mass is 32.1. The van der Waals surface area contributed by atoms with Crippen LogP contribution in [0.1, 0.15) is 28.8 Å². The van der Waals surface area contributed by atoms with Crippen LogP contribution in [0.15, 0.2) is 35.7 Å². The Morgan fingerprint density at radius 1 is 1.50 bits per heavy atom. The molecule has 2 fully saturated rings. The molecule has 2 atom stereocenters. The Kier molecular flexibility index (Phi) is 3.49. The number of cyclic esters (lactones) is 1. The molecule has 1 aliphatic heterocycles. The van der Waals surface area contributed by atoms with Gasteiger partial charge in [0.05, 0.1) is 24.7 Å². The Morgan fingerprint density at radius 3 is 3.12 bits per heavy atom. The molecule has 124 valence electrons. The number of carbonyl (C=O) groups is 2. The molecule has 0 spiro atoms. The van der Waals surface area contributed by atoms with Crippen molar-refractivity contribution in [1.29, 1.82) is 0 Å². The molecule has 1 saturated heterocycles. The number of fused-ring (bicyclic) bond motifs is 2. The van der Waals surface area contributed by atoms with Gasteiger partial charge in [-0.1, -0.05) is 24.3 Å². The van der Waals surface area contributed by atoms with E-state index in [9.17, 15) is 9.59 Å². The van der Waals surface area contributed by atoms with E-state index in [-0.39, 0.29) is 17.9 Å². The Hall–Kier alpha value is -2.14. The monoisotopic (exact) mass is 342 g/mol. The summed E-state index contributed by atoms with van der Waals surface area (Å²) in [5, 5.41) is 3.07. The first-order chi connectivity index (χ1) is 11.5. The van der Waals surface area contributed by atoms with E-state index in [1.54, 1.807) is 6.07 Å². The Morgan fingerprint density at radius 2 is 2.33 bits per heavy atom. The van der Waals surface area contributed by atoms with Crippen LogP contribution < -0.4 is 0 Å². The van der Waals surface area contributed by atoms with Crippen LogP contribution in [0.3, 0.4) is 0 Å². The predicted molar refractivity (Wildman–Crippen MR) is 92.1 cm³/mol. The molecule has 2 unspecified atom stereocenters. The molecule has 2 heterocycles. The molecule has 24 heavy (non-hydrogen) atoms. The van der Waals surface area contributed by atoms with Gasteiger partial charge in [0, 0.05) is 10.6 Å². The fourth-order valence-corrected chi connectivity index (χ4v) is 5.20. The fourth-order valence-electron chi connectivity index (χ4n) is 4.12. The highest BCUT2D eigenvalue weighted by Crippen LogP contribution is 2.53. The average Bonchev–Trinajstić information content (AvgIpc) is 3.21. The summed E-state index contributed by atoms with van der Waals surface area (Å²) in [6, 6.07) is 5.64. The molecule has 4 rings (SSSR count). The lowest BCUT2D eigenvalue weighted by atomic mass is 9.75. The van der Waals surface area contributed by atoms with E-state index in [1.165, 1.54) is 18.4 Å². The van der Waals surface area contributed by atoms with Crippen LogP contribution in [0.25, 0.3) is 10.1 Å². The van der Waals surface area contributed by atoms with Crippen molar-refractivity contribution < 1.29 is 19.1 Å². The molecule has 0 N–H and O–H groups in total. The second-order valence-electron chi connectivity index (χ2n) is 6.69. The predicted octanol–water partition coefficient (Wildman–Crippen LogP) is 3.74. The smallest absolute Gasteiger partial charge is 0.339 e. The summed E-state index contributed by atoms with van der Waals surface area (Å²) in [7, 11) is 1.39. The molecule has 5 heteroatoms. The number of carbonyl (C=O) groups excluding carboxylic acids is 2. The van der Waals surface area contributed by atoms with Crippen LogP contribution in [0.4, 0.5) is 0 Å². The van der Waals surface area contributed by atoms with Crippen molar-refractivity contribution >= 4 is 33.4 Å². The van der Waals surface area contributed by atoms with Crippen molar-refractivity contribution in [2.24, 2.45) is 11.3 Å². The van der Waals surface area contributed by atoms with Gasteiger partial charge in [-0.25, -0.2) is 4.79 Å². The summed E-state index contributed by atoms with van der Waals surface area (Å²) in [4.78, 5) is 24.4. The van der Waals surface area contributed by atoms with E-state index >= 15 is 0 Å². The second-order valence-corrected chi connectivity index (χ2v) is 7.57. The SMILES string of the molecule is C=C1CC2COC(=O)C2(Cc2csc3c(C(=O)OC)cccc23)C1. The van der Waals surface area contributed by atoms with E-state index in [0.29, 0.717) is 25.0 Å². The van der Waals surface area contributed by atoms with Gasteiger partial charge >= 0.3 is 11.9 Å². The maximum absolute atomic E-state index is 12.5. The first-order valence-corrected chi connectivity index (χ1v) is 8.84. The van der Waals surface area contributed by atoms with Crippen molar-refractivity contribution in [2.75, 3.05) is 13.7 Å². The lowest BCUT2D eigenvalue weighted by Crippen LogP contribution is -2.31. The zero-order valence-corrected chi connectivity index (χ0v) is 14.3. The second kappa shape index (κ2) is 5.45. The minimum atomic E-state index is -0.480. The summed E-state index contributed by atoms with van der Waals surface area (Å²) in [6.07, 6.45) is 2.20. The van der Waals surface area contributed by atoms with E-state index in [1.807, 2.05) is 12.1 Å². The van der Waals surface area contributed by atoms with Gasteiger partial charge in [-0.05, 0) is 41.7 Å². The fraction of sp³-hybridized carbons (Fsp3) is 0.368. The Bertz CT molecular complexity index is 865. The number of rotatable bonds is 3. The number of methoxy groups -OCH3 is 1. The molecular weight excluding hydrogens is 324 g/mol. The van der Waals surface area contributed by atoms with E-state index < -0.39 is 5.41 Å². The van der Waals surface area contributed by atoms with Crippen molar-refractivity contribution in [2.45, 2.75) is 19.3 Å². The highest BCUT2D eigenvalue weighted by Gasteiger charge is 2.56. The van der Waals surface area contributed by atoms with Crippen LogP contribution in [-0.2, 0) is 20.7 Å². The molecule has 2 aromatic rings. The van der Waals surface area contributed by atoms with Crippen LogP contribution in [0.5, 0.6) is 0 Å². The third-order valence-corrected chi connectivity index (χ3v) is 6.37. The maximum Gasteiger partial charge on any atom is 0.339 e. The standard InChI is InChI=1S/C19H18O4S/c1-11-6-13-9-23-18(21)19(13,7-11)8-12-10-24-16-14(12)4-3-5-15(16)17(20)22-2/h3-5,10,13H,1,6-9H2,2H3. The van der Waals surface area contributed by atoms with E-state index in [4.69, 9.17) is 9.47 Å². The lowest BCUT2D eigenvalue weighted by molar-refractivity contribution is -0.146. The van der Waals surface area contributed by atoms with Crippen LogP contribution >= 0.6 is 11.3 Å². The van der Waals surface area contributed by atoms with Gasteiger partial charge in [0.15, 0.2) is 0 Å². The third kappa shape index (κ3) is 2.11. The number of esters is 2. The van der Waals surface area contributed by atoms with Gasteiger partial charge in [0.1, 0.15) is 0 Å². The van der Waals surface area contributed by atoms with Gasteiger partial charge < -0.3 is 9.47 Å². The quantitative estimate of drug-likeness (QED) is 0.630. The largest absolute Gasteiger partial charge is 0.465 e. The van der Waals surface area contributed by atoms with Crippen LogP contribution in [0.2, 0.25) is 0 Å². The first-order valence-electron chi connectivity index (χ1n) is 7.96. The summed E-state index contributed by atoms with van der Waals surface area (Å²) in [6.45, 7) is 4.58. The van der Waals surface area contributed by atoms with Gasteiger partial charge in [-0.3, -0.25) is 4.79 Å². The number of hydrogen-bond donors (Lipinski definition) is 0. The van der Waals surface area contributed by atoms with Crippen molar-refractivity contribution in [1.82, 2.24) is 0 Å². The molecule has 4 nitrogen and oxygen atoms in total. The Balaban J connectivity index is 1.77. The van der Waals surface area contributed by atoms with Gasteiger partial charge in [-0.2, -0.15) is 0 Å². The molecule has 1 saturated carbocycles. The van der Waals surface area contributed by atoms with Crippen LogP contribution in [0, 0.1) is 11.3 Å². The molecule has 1 aromatic heterocycles. The zero-order chi connectivity index (χ0) is 16.9. The van der Waals surface area contributed by atoms with Gasteiger partial charge in [0.2, 0.25) is 0 Å². The molecule has 2 aliphatic rings. The molecule has 0 amide bonds. The third-order valence-electron chi connectivity index (χ3n) is 5.30.